The van der Waals surface area contributed by atoms with Crippen molar-refractivity contribution >= 4 is 29.3 Å². The summed E-state index contributed by atoms with van der Waals surface area (Å²) in [5.41, 5.74) is 3.81. The lowest BCUT2D eigenvalue weighted by atomic mass is 10.0. The number of piperidine rings is 1. The molecule has 1 aliphatic heterocycles. The van der Waals surface area contributed by atoms with E-state index < -0.39 is 0 Å². The van der Waals surface area contributed by atoms with Gasteiger partial charge in [0.05, 0.1) is 24.7 Å². The number of amides is 1. The van der Waals surface area contributed by atoms with Crippen LogP contribution in [0.1, 0.15) is 32.3 Å². The van der Waals surface area contributed by atoms with Crippen LogP contribution < -0.4 is 25.2 Å². The Morgan fingerprint density at radius 3 is 2.43 bits per heavy atom. The van der Waals surface area contributed by atoms with Crippen LogP contribution in [0, 0.1) is 6.92 Å². The van der Waals surface area contributed by atoms with E-state index in [1.54, 1.807) is 7.11 Å². The van der Waals surface area contributed by atoms with Gasteiger partial charge < -0.3 is 25.2 Å². The van der Waals surface area contributed by atoms with Gasteiger partial charge in [-0.15, -0.1) is 0 Å². The van der Waals surface area contributed by atoms with Crippen LogP contribution in [0.15, 0.2) is 30.5 Å². The first kappa shape index (κ1) is 23.5. The summed E-state index contributed by atoms with van der Waals surface area (Å²) >= 11 is 0. The van der Waals surface area contributed by atoms with Crippen LogP contribution in [0.5, 0.6) is 5.75 Å². The molecule has 7 heteroatoms. The summed E-state index contributed by atoms with van der Waals surface area (Å²) in [7, 11) is 5.59. The monoisotopic (exact) mass is 413 g/mol. The predicted octanol–water partition coefficient (Wildman–Crippen LogP) is 3.95. The molecule has 0 unspecified atom stereocenters. The zero-order chi connectivity index (χ0) is 22.1. The van der Waals surface area contributed by atoms with Gasteiger partial charge in [0.2, 0.25) is 6.41 Å². The van der Waals surface area contributed by atoms with Crippen LogP contribution in [-0.4, -0.2) is 51.7 Å². The molecule has 2 N–H and O–H groups in total. The van der Waals surface area contributed by atoms with Crippen LogP contribution in [-0.2, 0) is 4.79 Å². The van der Waals surface area contributed by atoms with Crippen LogP contribution in [0.3, 0.4) is 0 Å². The lowest BCUT2D eigenvalue weighted by molar-refractivity contribution is -0.108. The first-order chi connectivity index (χ1) is 14.5. The van der Waals surface area contributed by atoms with E-state index in [9.17, 15) is 4.79 Å². The Hall–Kier alpha value is -2.80. The Morgan fingerprint density at radius 2 is 1.87 bits per heavy atom. The highest BCUT2D eigenvalue weighted by Crippen LogP contribution is 2.33. The molecular formula is C23H35N5O2. The van der Waals surface area contributed by atoms with Crippen molar-refractivity contribution in [3.8, 4) is 5.75 Å². The first-order valence-electron chi connectivity index (χ1n) is 10.6. The summed E-state index contributed by atoms with van der Waals surface area (Å²) in [4.78, 5) is 20.4. The number of methoxy groups -OCH3 is 1. The lowest BCUT2D eigenvalue weighted by Gasteiger charge is -2.34. The number of carbonyl (C=O) groups excluding carboxylic acids is 1. The maximum absolute atomic E-state index is 12.0. The van der Waals surface area contributed by atoms with Gasteiger partial charge in [-0.1, -0.05) is 13.8 Å². The number of nitrogens with zero attached hydrogens (tertiary/aromatic N) is 3. The predicted molar refractivity (Wildman–Crippen MR) is 125 cm³/mol. The van der Waals surface area contributed by atoms with Gasteiger partial charge in [-0.2, -0.15) is 0 Å². The Bertz CT molecular complexity index is 819. The summed E-state index contributed by atoms with van der Waals surface area (Å²) in [6.45, 7) is 7.87. The molecule has 1 aromatic carbocycles. The Labute approximate surface area is 180 Å². The number of aromatic nitrogens is 1. The Morgan fingerprint density at radius 1 is 1.17 bits per heavy atom. The Kier molecular flexibility index (Phi) is 8.92. The van der Waals surface area contributed by atoms with Gasteiger partial charge in [0.25, 0.3) is 0 Å². The standard InChI is InChI=1S/C21H29N5O2.C2H6/c1-15-11-17(28-4)5-6-18(15)24-21-12-19(20(13-23-21)25(2)3)26(14-27)16-7-9-22-10-8-16;1-2/h5-6,11-14,16,22H,7-10H2,1-4H3,(H,23,24);1-2H3. The van der Waals surface area contributed by atoms with Gasteiger partial charge in [-0.3, -0.25) is 4.79 Å². The molecule has 0 radical (unpaired) electrons. The number of hydrogen-bond donors (Lipinski definition) is 2. The SMILES string of the molecule is CC.COc1ccc(Nc2cc(N(C=O)C3CCNCC3)c(N(C)C)cn2)c(C)c1. The normalized spacial score (nSPS) is 13.7. The van der Waals surface area contributed by atoms with Crippen LogP contribution in [0.4, 0.5) is 22.9 Å². The highest BCUT2D eigenvalue weighted by Gasteiger charge is 2.24. The van der Waals surface area contributed by atoms with Gasteiger partial charge in [0, 0.05) is 31.9 Å². The Balaban J connectivity index is 0.00000155. The van der Waals surface area contributed by atoms with E-state index in [0.717, 1.165) is 60.7 Å². The van der Waals surface area contributed by atoms with Crippen LogP contribution >= 0.6 is 0 Å². The van der Waals surface area contributed by atoms with E-state index >= 15 is 0 Å². The highest BCUT2D eigenvalue weighted by molar-refractivity contribution is 5.86. The van der Waals surface area contributed by atoms with Crippen molar-refractivity contribution in [2.45, 2.75) is 39.7 Å². The average molecular weight is 414 g/mol. The van der Waals surface area contributed by atoms with E-state index in [-0.39, 0.29) is 6.04 Å². The fraction of sp³-hybridized carbons (Fsp3) is 0.478. The van der Waals surface area contributed by atoms with Crippen molar-refractivity contribution < 1.29 is 9.53 Å². The lowest BCUT2D eigenvalue weighted by Crippen LogP contribution is -2.43. The van der Waals surface area contributed by atoms with Crippen molar-refractivity contribution in [2.24, 2.45) is 0 Å². The molecule has 0 bridgehead atoms. The number of aryl methyl sites for hydroxylation is 1. The summed E-state index contributed by atoms with van der Waals surface area (Å²) in [5, 5.41) is 6.73. The van der Waals surface area contributed by atoms with Crippen molar-refractivity contribution in [3.05, 3.63) is 36.0 Å². The van der Waals surface area contributed by atoms with Gasteiger partial charge in [-0.25, -0.2) is 4.98 Å². The number of pyridine rings is 1. The van der Waals surface area contributed by atoms with Crippen molar-refractivity contribution in [1.29, 1.82) is 0 Å². The first-order valence-corrected chi connectivity index (χ1v) is 10.6. The summed E-state index contributed by atoms with van der Waals surface area (Å²) in [6.07, 6.45) is 4.64. The quantitative estimate of drug-likeness (QED) is 0.670. The minimum absolute atomic E-state index is 0.190. The molecule has 0 aliphatic carbocycles. The molecule has 1 aromatic heterocycles. The molecule has 1 saturated heterocycles. The summed E-state index contributed by atoms with van der Waals surface area (Å²) in [6, 6.07) is 8.01. The summed E-state index contributed by atoms with van der Waals surface area (Å²) in [5.74, 6) is 1.52. The second-order valence-electron chi connectivity index (χ2n) is 7.25. The fourth-order valence-electron chi connectivity index (χ4n) is 3.52. The van der Waals surface area contributed by atoms with E-state index in [2.05, 4.69) is 15.6 Å². The number of hydrogen-bond acceptors (Lipinski definition) is 6. The molecule has 30 heavy (non-hydrogen) atoms. The average Bonchev–Trinajstić information content (AvgIpc) is 2.78. The molecule has 1 aliphatic rings. The fourth-order valence-corrected chi connectivity index (χ4v) is 3.52. The molecule has 1 amide bonds. The second-order valence-corrected chi connectivity index (χ2v) is 7.25. The zero-order valence-electron chi connectivity index (χ0n) is 19.0. The van der Waals surface area contributed by atoms with E-state index in [1.807, 2.05) is 75.1 Å². The molecule has 0 atom stereocenters. The zero-order valence-corrected chi connectivity index (χ0v) is 19.0. The third-order valence-electron chi connectivity index (χ3n) is 5.13. The minimum Gasteiger partial charge on any atom is -0.497 e. The van der Waals surface area contributed by atoms with Gasteiger partial charge in [-0.05, 0) is 56.6 Å². The smallest absolute Gasteiger partial charge is 0.214 e. The minimum atomic E-state index is 0.190. The number of rotatable bonds is 7. The molecule has 7 nitrogen and oxygen atoms in total. The number of carbonyl (C=O) groups is 1. The second kappa shape index (κ2) is 11.4. The molecule has 3 rings (SSSR count). The third kappa shape index (κ3) is 5.63. The molecule has 164 valence electrons. The topological polar surface area (TPSA) is 69.7 Å². The largest absolute Gasteiger partial charge is 0.497 e. The maximum Gasteiger partial charge on any atom is 0.214 e. The van der Waals surface area contributed by atoms with Gasteiger partial charge >= 0.3 is 0 Å². The van der Waals surface area contributed by atoms with Crippen LogP contribution in [0.25, 0.3) is 0 Å². The molecule has 2 heterocycles. The number of ether oxygens (including phenoxy) is 1. The highest BCUT2D eigenvalue weighted by atomic mass is 16.5. The van der Waals surface area contributed by atoms with E-state index in [1.165, 1.54) is 0 Å². The third-order valence-corrected chi connectivity index (χ3v) is 5.13. The molecule has 1 fully saturated rings. The maximum atomic E-state index is 12.0. The molecule has 0 saturated carbocycles. The number of benzene rings is 1. The van der Waals surface area contributed by atoms with Crippen molar-refractivity contribution in [1.82, 2.24) is 10.3 Å². The van der Waals surface area contributed by atoms with Crippen LogP contribution in [0.2, 0.25) is 0 Å². The van der Waals surface area contributed by atoms with Crippen molar-refractivity contribution in [2.75, 3.05) is 49.4 Å². The van der Waals surface area contributed by atoms with Crippen molar-refractivity contribution in [3.63, 3.8) is 0 Å². The molecule has 2 aromatic rings. The van der Waals surface area contributed by atoms with E-state index in [0.29, 0.717) is 5.82 Å². The van der Waals surface area contributed by atoms with Gasteiger partial charge in [0.15, 0.2) is 0 Å². The number of nitrogens with one attached hydrogen (secondary N) is 2. The van der Waals surface area contributed by atoms with Gasteiger partial charge in [0.1, 0.15) is 11.6 Å². The summed E-state index contributed by atoms with van der Waals surface area (Å²) < 4.78 is 5.28. The molecule has 0 spiro atoms. The van der Waals surface area contributed by atoms with E-state index in [4.69, 9.17) is 4.74 Å². The molecular weight excluding hydrogens is 378 g/mol. The number of anilines is 4.